The molecule has 28 heavy (non-hydrogen) atoms. The number of sulfonamides is 1. The van der Waals surface area contributed by atoms with Gasteiger partial charge in [0, 0.05) is 19.2 Å². The molecular formula is C17H16F2N4O4S. The molecule has 0 atom stereocenters. The maximum absolute atomic E-state index is 13.6. The molecule has 2 aromatic carbocycles. The lowest BCUT2D eigenvalue weighted by molar-refractivity contribution is -0.384. The van der Waals surface area contributed by atoms with E-state index in [1.807, 2.05) is 0 Å². The molecule has 1 heterocycles. The molecule has 1 aliphatic rings. The van der Waals surface area contributed by atoms with Gasteiger partial charge in [-0.05, 0) is 37.1 Å². The van der Waals surface area contributed by atoms with Crippen molar-refractivity contribution in [3.05, 3.63) is 63.7 Å². The van der Waals surface area contributed by atoms with Crippen LogP contribution in [0, 0.1) is 21.7 Å². The summed E-state index contributed by atoms with van der Waals surface area (Å²) in [6.45, 7) is 0.739. The molecule has 0 spiro atoms. The second kappa shape index (κ2) is 7.98. The first kappa shape index (κ1) is 19.8. The Balaban J connectivity index is 1.88. The number of nitrogens with zero attached hydrogens (tertiary/aromatic N) is 3. The van der Waals surface area contributed by atoms with Crippen molar-refractivity contribution >= 4 is 27.6 Å². The largest absolute Gasteiger partial charge is 0.295 e. The van der Waals surface area contributed by atoms with Gasteiger partial charge in [-0.15, -0.1) is 0 Å². The number of anilines is 1. The summed E-state index contributed by atoms with van der Waals surface area (Å²) in [6.07, 6.45) is 2.33. The zero-order valence-electron chi connectivity index (χ0n) is 14.5. The van der Waals surface area contributed by atoms with Crippen LogP contribution in [-0.2, 0) is 10.0 Å². The van der Waals surface area contributed by atoms with Crippen LogP contribution >= 0.6 is 0 Å². The number of hydrogen-bond acceptors (Lipinski definition) is 6. The van der Waals surface area contributed by atoms with Gasteiger partial charge >= 0.3 is 0 Å². The van der Waals surface area contributed by atoms with Crippen molar-refractivity contribution in [2.45, 2.75) is 17.7 Å². The van der Waals surface area contributed by atoms with Crippen LogP contribution in [-0.4, -0.2) is 37.0 Å². The second-order valence-corrected chi connectivity index (χ2v) is 7.99. The van der Waals surface area contributed by atoms with Gasteiger partial charge in [-0.1, -0.05) is 6.07 Å². The van der Waals surface area contributed by atoms with Gasteiger partial charge in [-0.3, -0.25) is 15.5 Å². The highest BCUT2D eigenvalue weighted by Crippen LogP contribution is 2.30. The monoisotopic (exact) mass is 410 g/mol. The first-order valence-electron chi connectivity index (χ1n) is 8.32. The fourth-order valence-electron chi connectivity index (χ4n) is 2.80. The molecule has 1 fully saturated rings. The van der Waals surface area contributed by atoms with E-state index < -0.39 is 37.8 Å². The van der Waals surface area contributed by atoms with Crippen molar-refractivity contribution in [1.29, 1.82) is 0 Å². The molecule has 3 rings (SSSR count). The Hall–Kier alpha value is -2.92. The van der Waals surface area contributed by atoms with E-state index in [1.54, 1.807) is 0 Å². The third-order valence-electron chi connectivity index (χ3n) is 4.25. The van der Waals surface area contributed by atoms with E-state index in [4.69, 9.17) is 0 Å². The lowest BCUT2D eigenvalue weighted by Gasteiger charge is -2.15. The molecular weight excluding hydrogens is 394 g/mol. The summed E-state index contributed by atoms with van der Waals surface area (Å²) in [7, 11) is -3.82. The Morgan fingerprint density at radius 2 is 1.79 bits per heavy atom. The predicted octanol–water partition coefficient (Wildman–Crippen LogP) is 3.10. The van der Waals surface area contributed by atoms with Gasteiger partial charge in [0.25, 0.3) is 5.69 Å². The van der Waals surface area contributed by atoms with Crippen LogP contribution in [0.15, 0.2) is 46.4 Å². The molecule has 0 radical (unpaired) electrons. The minimum Gasteiger partial charge on any atom is -0.272 e. The first-order valence-corrected chi connectivity index (χ1v) is 9.76. The standard InChI is InChI=1S/C17H16F2N4O4S/c18-14-4-3-5-15(19)13(14)11-20-21-16-7-6-12(10-17(16)23(24)25)28(26,27)22-8-1-2-9-22/h3-7,10-11,21H,1-2,8-9H2/b20-11-. The number of nitrogens with one attached hydrogen (secondary N) is 1. The highest BCUT2D eigenvalue weighted by atomic mass is 32.2. The van der Waals surface area contributed by atoms with Gasteiger partial charge in [0.15, 0.2) is 0 Å². The van der Waals surface area contributed by atoms with E-state index in [0.29, 0.717) is 13.1 Å². The number of hydrazone groups is 1. The average Bonchev–Trinajstić information content (AvgIpc) is 3.19. The van der Waals surface area contributed by atoms with Crippen LogP contribution in [0.3, 0.4) is 0 Å². The molecule has 0 bridgehead atoms. The predicted molar refractivity (Wildman–Crippen MR) is 98.7 cm³/mol. The lowest BCUT2D eigenvalue weighted by atomic mass is 10.2. The van der Waals surface area contributed by atoms with Crippen LogP contribution in [0.25, 0.3) is 0 Å². The van der Waals surface area contributed by atoms with Gasteiger partial charge in [0.1, 0.15) is 17.3 Å². The van der Waals surface area contributed by atoms with E-state index in [2.05, 4.69) is 10.5 Å². The molecule has 8 nitrogen and oxygen atoms in total. The van der Waals surface area contributed by atoms with E-state index in [-0.39, 0.29) is 10.6 Å². The van der Waals surface area contributed by atoms with Crippen LogP contribution in [0.4, 0.5) is 20.2 Å². The van der Waals surface area contributed by atoms with Crippen LogP contribution in [0.5, 0.6) is 0 Å². The molecule has 0 aromatic heterocycles. The van der Waals surface area contributed by atoms with Crippen LogP contribution < -0.4 is 5.43 Å². The Kier molecular flexibility index (Phi) is 5.66. The third-order valence-corrected chi connectivity index (χ3v) is 6.14. The summed E-state index contributed by atoms with van der Waals surface area (Å²) in [4.78, 5) is 10.4. The summed E-state index contributed by atoms with van der Waals surface area (Å²) >= 11 is 0. The van der Waals surface area contributed by atoms with Gasteiger partial charge < -0.3 is 0 Å². The third kappa shape index (κ3) is 3.99. The van der Waals surface area contributed by atoms with Crippen LogP contribution in [0.2, 0.25) is 0 Å². The van der Waals surface area contributed by atoms with E-state index in [0.717, 1.165) is 37.3 Å². The summed E-state index contributed by atoms with van der Waals surface area (Å²) in [6, 6.07) is 6.64. The van der Waals surface area contributed by atoms with Gasteiger partial charge in [0.05, 0.1) is 21.6 Å². The maximum atomic E-state index is 13.6. The fourth-order valence-corrected chi connectivity index (χ4v) is 4.33. The summed E-state index contributed by atoms with van der Waals surface area (Å²) in [5, 5.41) is 15.0. The fraction of sp³-hybridized carbons (Fsp3) is 0.235. The van der Waals surface area contributed by atoms with Crippen molar-refractivity contribution in [1.82, 2.24) is 4.31 Å². The van der Waals surface area contributed by atoms with Gasteiger partial charge in [-0.2, -0.15) is 9.41 Å². The average molecular weight is 410 g/mol. The zero-order valence-corrected chi connectivity index (χ0v) is 15.3. The molecule has 1 N–H and O–H groups in total. The molecule has 11 heteroatoms. The number of hydrogen-bond donors (Lipinski definition) is 1. The Morgan fingerprint density at radius 3 is 2.39 bits per heavy atom. The van der Waals surface area contributed by atoms with Crippen molar-refractivity contribution in [3.8, 4) is 0 Å². The molecule has 1 saturated heterocycles. The van der Waals surface area contributed by atoms with Crippen molar-refractivity contribution in [3.63, 3.8) is 0 Å². The molecule has 0 amide bonds. The van der Waals surface area contributed by atoms with E-state index >= 15 is 0 Å². The van der Waals surface area contributed by atoms with Crippen molar-refractivity contribution in [2.75, 3.05) is 18.5 Å². The number of halogens is 2. The highest BCUT2D eigenvalue weighted by Gasteiger charge is 2.29. The quantitative estimate of drug-likeness (QED) is 0.448. The maximum Gasteiger partial charge on any atom is 0.295 e. The highest BCUT2D eigenvalue weighted by molar-refractivity contribution is 7.89. The van der Waals surface area contributed by atoms with E-state index in [9.17, 15) is 27.3 Å². The zero-order chi connectivity index (χ0) is 20.3. The van der Waals surface area contributed by atoms with E-state index in [1.165, 1.54) is 22.5 Å². The molecule has 0 aliphatic carbocycles. The SMILES string of the molecule is O=[N+]([O-])c1cc(S(=O)(=O)N2CCCC2)ccc1N/N=C\c1c(F)cccc1F. The number of nitro benzene ring substituents is 1. The summed E-state index contributed by atoms with van der Waals surface area (Å²) in [5.41, 5.74) is 1.29. The molecule has 2 aromatic rings. The normalized spacial score (nSPS) is 15.2. The molecule has 0 unspecified atom stereocenters. The van der Waals surface area contributed by atoms with Gasteiger partial charge in [0.2, 0.25) is 10.0 Å². The first-order chi connectivity index (χ1) is 13.3. The van der Waals surface area contributed by atoms with Gasteiger partial charge in [-0.25, -0.2) is 17.2 Å². The minimum absolute atomic E-state index is 0.113. The Bertz CT molecular complexity index is 1020. The summed E-state index contributed by atoms with van der Waals surface area (Å²) < 4.78 is 53.6. The second-order valence-electron chi connectivity index (χ2n) is 6.05. The van der Waals surface area contributed by atoms with Crippen molar-refractivity contribution < 1.29 is 22.1 Å². The summed E-state index contributed by atoms with van der Waals surface area (Å²) in [5.74, 6) is -1.68. The molecule has 148 valence electrons. The number of benzene rings is 2. The number of rotatable bonds is 6. The Labute approximate surface area is 159 Å². The lowest BCUT2D eigenvalue weighted by Crippen LogP contribution is -2.27. The van der Waals surface area contributed by atoms with Crippen molar-refractivity contribution in [2.24, 2.45) is 5.10 Å². The minimum atomic E-state index is -3.82. The van der Waals surface area contributed by atoms with Crippen LogP contribution in [0.1, 0.15) is 18.4 Å². The number of nitro groups is 1. The molecule has 1 aliphatic heterocycles. The Morgan fingerprint density at radius 1 is 1.14 bits per heavy atom. The topological polar surface area (TPSA) is 105 Å². The smallest absolute Gasteiger partial charge is 0.272 e. The molecule has 0 saturated carbocycles.